The fourth-order valence-electron chi connectivity index (χ4n) is 2.81. The molecule has 0 aliphatic carbocycles. The van der Waals surface area contributed by atoms with E-state index in [2.05, 4.69) is 58.4 Å². The third-order valence-electron chi connectivity index (χ3n) is 4.13. The lowest BCUT2D eigenvalue weighted by Crippen LogP contribution is -2.32. The predicted molar refractivity (Wildman–Crippen MR) is 105 cm³/mol. The van der Waals surface area contributed by atoms with Crippen LogP contribution in [0.3, 0.4) is 0 Å². The van der Waals surface area contributed by atoms with Crippen LogP contribution in [0.25, 0.3) is 0 Å². The molecule has 4 nitrogen and oxygen atoms in total. The summed E-state index contributed by atoms with van der Waals surface area (Å²) in [5.74, 6) is 1.93. The van der Waals surface area contributed by atoms with Gasteiger partial charge >= 0.3 is 0 Å². The van der Waals surface area contributed by atoms with Gasteiger partial charge in [-0.05, 0) is 17.7 Å². The van der Waals surface area contributed by atoms with Crippen LogP contribution in [0.5, 0.6) is 5.75 Å². The molecule has 0 unspecified atom stereocenters. The molecule has 1 heterocycles. The van der Waals surface area contributed by atoms with Crippen LogP contribution >= 0.6 is 11.8 Å². The van der Waals surface area contributed by atoms with E-state index < -0.39 is 0 Å². The molecule has 0 bridgehead atoms. The summed E-state index contributed by atoms with van der Waals surface area (Å²) in [6.45, 7) is 6.34. The molecule has 0 radical (unpaired) electrons. The van der Waals surface area contributed by atoms with E-state index in [-0.39, 0.29) is 0 Å². The summed E-state index contributed by atoms with van der Waals surface area (Å²) in [5, 5.41) is 10.5. The highest BCUT2D eigenvalue weighted by atomic mass is 32.2. The minimum atomic E-state index is 0.713. The van der Waals surface area contributed by atoms with Crippen LogP contribution < -0.4 is 20.7 Å². The van der Waals surface area contributed by atoms with Crippen molar-refractivity contribution >= 4 is 11.8 Å². The molecule has 1 aliphatic heterocycles. The first-order valence-electron chi connectivity index (χ1n) is 8.97. The van der Waals surface area contributed by atoms with Gasteiger partial charge in [0, 0.05) is 55.5 Å². The quantitative estimate of drug-likeness (QED) is 0.677. The number of benzene rings is 2. The summed E-state index contributed by atoms with van der Waals surface area (Å²) in [4.78, 5) is 1.34. The first-order valence-corrected chi connectivity index (χ1v) is 9.95. The lowest BCUT2D eigenvalue weighted by atomic mass is 10.2. The van der Waals surface area contributed by atoms with Crippen molar-refractivity contribution in [2.75, 3.05) is 38.5 Å². The number of rotatable bonds is 0. The van der Waals surface area contributed by atoms with E-state index in [1.54, 1.807) is 0 Å². The monoisotopic (exact) mass is 357 g/mol. The Morgan fingerprint density at radius 3 is 2.20 bits per heavy atom. The van der Waals surface area contributed by atoms with E-state index in [9.17, 15) is 0 Å². The Hall–Kier alpha value is -1.53. The van der Waals surface area contributed by atoms with Crippen LogP contribution in [0.2, 0.25) is 0 Å². The van der Waals surface area contributed by atoms with E-state index >= 15 is 0 Å². The van der Waals surface area contributed by atoms with Crippen LogP contribution in [-0.2, 0) is 13.1 Å². The standard InChI is InChI=1S/C20H27N3OS/c1-3-7-19-17(5-1)15-22-11-9-21-10-12-23-16-18-6-2-4-8-20(18)25-14-13-24-19/h1-8,21-23H,9-16H2. The molecule has 0 spiro atoms. The van der Waals surface area contributed by atoms with Crippen molar-refractivity contribution in [1.29, 1.82) is 0 Å². The van der Waals surface area contributed by atoms with Gasteiger partial charge in [-0.25, -0.2) is 0 Å². The van der Waals surface area contributed by atoms with Gasteiger partial charge < -0.3 is 20.7 Å². The summed E-state index contributed by atoms with van der Waals surface area (Å²) in [7, 11) is 0. The highest BCUT2D eigenvalue weighted by Crippen LogP contribution is 2.23. The lowest BCUT2D eigenvalue weighted by molar-refractivity contribution is 0.339. The van der Waals surface area contributed by atoms with Crippen molar-refractivity contribution in [2.45, 2.75) is 18.0 Å². The molecular weight excluding hydrogens is 330 g/mol. The largest absolute Gasteiger partial charge is 0.492 e. The molecule has 0 saturated carbocycles. The predicted octanol–water partition coefficient (Wildman–Crippen LogP) is 2.64. The Balaban J connectivity index is 1.64. The highest BCUT2D eigenvalue weighted by molar-refractivity contribution is 7.99. The van der Waals surface area contributed by atoms with Gasteiger partial charge in [0.15, 0.2) is 0 Å². The summed E-state index contributed by atoms with van der Waals surface area (Å²) in [6.07, 6.45) is 0. The number of hydrogen-bond acceptors (Lipinski definition) is 5. The van der Waals surface area contributed by atoms with Crippen molar-refractivity contribution in [3.05, 3.63) is 59.7 Å². The van der Waals surface area contributed by atoms with Crippen molar-refractivity contribution in [1.82, 2.24) is 16.0 Å². The molecule has 25 heavy (non-hydrogen) atoms. The van der Waals surface area contributed by atoms with Crippen LogP contribution in [0.15, 0.2) is 53.4 Å². The second-order valence-corrected chi connectivity index (χ2v) is 7.15. The zero-order valence-corrected chi connectivity index (χ0v) is 15.4. The topological polar surface area (TPSA) is 45.3 Å². The average molecular weight is 358 g/mol. The molecule has 0 fully saturated rings. The summed E-state index contributed by atoms with van der Waals surface area (Å²) < 4.78 is 6.04. The van der Waals surface area contributed by atoms with Crippen molar-refractivity contribution in [3.8, 4) is 5.75 Å². The van der Waals surface area contributed by atoms with E-state index in [1.807, 2.05) is 17.8 Å². The van der Waals surface area contributed by atoms with Gasteiger partial charge in [-0.2, -0.15) is 0 Å². The van der Waals surface area contributed by atoms with Crippen molar-refractivity contribution < 1.29 is 4.74 Å². The van der Waals surface area contributed by atoms with Gasteiger partial charge in [-0.1, -0.05) is 36.4 Å². The lowest BCUT2D eigenvalue weighted by Gasteiger charge is -2.13. The maximum atomic E-state index is 6.04. The molecule has 5 heteroatoms. The number of thioether (sulfide) groups is 1. The molecule has 3 N–H and O–H groups in total. The highest BCUT2D eigenvalue weighted by Gasteiger charge is 2.05. The Morgan fingerprint density at radius 1 is 0.720 bits per heavy atom. The molecular formula is C20H27N3OS. The average Bonchev–Trinajstić information content (AvgIpc) is 2.65. The molecule has 0 amide bonds. The van der Waals surface area contributed by atoms with Crippen LogP contribution in [0.4, 0.5) is 0 Å². The van der Waals surface area contributed by atoms with Crippen LogP contribution in [-0.4, -0.2) is 38.5 Å². The maximum absolute atomic E-state index is 6.04. The summed E-state index contributed by atoms with van der Waals surface area (Å²) in [6, 6.07) is 16.9. The number of fused-ring (bicyclic) bond motifs is 2. The maximum Gasteiger partial charge on any atom is 0.123 e. The van der Waals surface area contributed by atoms with Gasteiger partial charge in [-0.3, -0.25) is 0 Å². The molecule has 134 valence electrons. The first kappa shape index (κ1) is 18.3. The van der Waals surface area contributed by atoms with E-state index in [0.29, 0.717) is 6.61 Å². The molecule has 0 saturated heterocycles. The second kappa shape index (κ2) is 10.5. The number of ether oxygens (including phenoxy) is 1. The van der Waals surface area contributed by atoms with E-state index in [0.717, 1.165) is 50.8 Å². The third-order valence-corrected chi connectivity index (χ3v) is 5.21. The van der Waals surface area contributed by atoms with Crippen LogP contribution in [0.1, 0.15) is 11.1 Å². The number of nitrogens with one attached hydrogen (secondary N) is 3. The molecule has 0 atom stereocenters. The van der Waals surface area contributed by atoms with E-state index in [4.69, 9.17) is 4.74 Å². The van der Waals surface area contributed by atoms with Gasteiger partial charge in [0.2, 0.25) is 0 Å². The van der Waals surface area contributed by atoms with Crippen molar-refractivity contribution in [2.24, 2.45) is 0 Å². The fourth-order valence-corrected chi connectivity index (χ4v) is 3.70. The zero-order chi connectivity index (χ0) is 17.2. The summed E-state index contributed by atoms with van der Waals surface area (Å²) >= 11 is 1.87. The Bertz CT molecular complexity index is 595. The van der Waals surface area contributed by atoms with E-state index in [1.165, 1.54) is 16.0 Å². The fraction of sp³-hybridized carbons (Fsp3) is 0.400. The Morgan fingerprint density at radius 2 is 1.36 bits per heavy atom. The van der Waals surface area contributed by atoms with Gasteiger partial charge in [0.25, 0.3) is 0 Å². The van der Waals surface area contributed by atoms with Gasteiger partial charge in [0.1, 0.15) is 5.75 Å². The SMILES string of the molecule is c1ccc2c(c1)CNCCNCCNCc1ccccc1SCCO2. The smallest absolute Gasteiger partial charge is 0.123 e. The number of hydrogen-bond donors (Lipinski definition) is 3. The Labute approximate surface area is 154 Å². The molecule has 1 aliphatic rings. The van der Waals surface area contributed by atoms with Crippen LogP contribution in [0, 0.1) is 0 Å². The summed E-state index contributed by atoms with van der Waals surface area (Å²) in [5.41, 5.74) is 2.58. The second-order valence-electron chi connectivity index (χ2n) is 6.02. The minimum absolute atomic E-state index is 0.713. The van der Waals surface area contributed by atoms with Gasteiger partial charge in [-0.15, -0.1) is 11.8 Å². The zero-order valence-electron chi connectivity index (χ0n) is 14.6. The normalized spacial score (nSPS) is 17.6. The minimum Gasteiger partial charge on any atom is -0.492 e. The molecule has 2 aromatic rings. The molecule has 3 rings (SSSR count). The molecule has 0 aromatic heterocycles. The molecule has 2 aromatic carbocycles. The third kappa shape index (κ3) is 6.04. The van der Waals surface area contributed by atoms with Gasteiger partial charge in [0.05, 0.1) is 6.61 Å². The van der Waals surface area contributed by atoms with Crippen molar-refractivity contribution in [3.63, 3.8) is 0 Å². The first-order chi connectivity index (χ1) is 12.4. The Kier molecular flexibility index (Phi) is 7.64. The number of para-hydroxylation sites is 1.